The molecule has 5 N–H and O–H groups in total. The first-order chi connectivity index (χ1) is 18.9. The molecule has 2 aromatic heterocycles. The van der Waals surface area contributed by atoms with E-state index in [9.17, 15) is 14.3 Å². The van der Waals surface area contributed by atoms with Crippen molar-refractivity contribution in [3.8, 4) is 12.3 Å². The Labute approximate surface area is 237 Å². The number of carbonyl (C=O) groups is 1. The second kappa shape index (κ2) is 10.2. The Morgan fingerprint density at radius 2 is 2.10 bits per heavy atom. The summed E-state index contributed by atoms with van der Waals surface area (Å²) < 4.78 is 13.9. The van der Waals surface area contributed by atoms with E-state index in [1.807, 2.05) is 6.07 Å². The number of carboxylic acids is 1. The van der Waals surface area contributed by atoms with Gasteiger partial charge in [-0.1, -0.05) is 44.4 Å². The molecule has 1 aliphatic carbocycles. The molecule has 5 rings (SSSR count). The largest absolute Gasteiger partial charge is 0.479 e. The van der Waals surface area contributed by atoms with Gasteiger partial charge in [-0.05, 0) is 43.4 Å². The van der Waals surface area contributed by atoms with E-state index in [1.165, 1.54) is 6.07 Å². The van der Waals surface area contributed by atoms with Gasteiger partial charge in [-0.15, -0.1) is 12.0 Å². The Hall–Kier alpha value is -4.07. The lowest BCUT2D eigenvalue weighted by molar-refractivity contribution is -0.145. The third-order valence-corrected chi connectivity index (χ3v) is 7.36. The van der Waals surface area contributed by atoms with Crippen molar-refractivity contribution in [2.45, 2.75) is 52.1 Å². The Morgan fingerprint density at radius 1 is 1.35 bits per heavy atom. The van der Waals surface area contributed by atoms with Crippen LogP contribution >= 0.6 is 11.6 Å². The fraction of sp³-hybridized carbons (Fsp3) is 0.345. The van der Waals surface area contributed by atoms with Crippen LogP contribution in [0.1, 0.15) is 56.5 Å². The van der Waals surface area contributed by atoms with E-state index in [0.717, 1.165) is 11.1 Å². The molecule has 0 radical (unpaired) electrons. The number of carboxylic acid groups (broad SMARTS) is 1. The number of nitrogens with one attached hydrogen (secondary N) is 4. The van der Waals surface area contributed by atoms with Crippen LogP contribution in [0.4, 0.5) is 15.8 Å². The van der Waals surface area contributed by atoms with Gasteiger partial charge in [0, 0.05) is 41.3 Å². The first-order valence-corrected chi connectivity index (χ1v) is 13.3. The number of pyridine rings is 2. The molecule has 1 saturated carbocycles. The summed E-state index contributed by atoms with van der Waals surface area (Å²) in [7, 11) is 0. The van der Waals surface area contributed by atoms with Crippen LogP contribution in [-0.2, 0) is 4.79 Å². The summed E-state index contributed by atoms with van der Waals surface area (Å²) in [5.74, 6) is 1.21. The van der Waals surface area contributed by atoms with Crippen LogP contribution in [-0.4, -0.2) is 38.1 Å². The molecule has 0 saturated heterocycles. The van der Waals surface area contributed by atoms with Crippen LogP contribution in [0.15, 0.2) is 42.4 Å². The molecule has 0 amide bonds. The third kappa shape index (κ3) is 5.22. The van der Waals surface area contributed by atoms with Gasteiger partial charge in [-0.25, -0.2) is 9.78 Å². The van der Waals surface area contributed by atoms with E-state index in [0.29, 0.717) is 58.1 Å². The first-order valence-electron chi connectivity index (χ1n) is 12.9. The molecule has 1 aromatic carbocycles. The lowest BCUT2D eigenvalue weighted by Gasteiger charge is -2.24. The molecule has 1 aliphatic heterocycles. The average Bonchev–Trinajstić information content (AvgIpc) is 3.56. The molecule has 0 spiro atoms. The van der Waals surface area contributed by atoms with Crippen LogP contribution in [0.3, 0.4) is 0 Å². The zero-order valence-corrected chi connectivity index (χ0v) is 23.4. The van der Waals surface area contributed by atoms with Crippen molar-refractivity contribution in [1.82, 2.24) is 25.9 Å². The number of anilines is 2. The van der Waals surface area contributed by atoms with Crippen molar-refractivity contribution >= 4 is 39.8 Å². The minimum Gasteiger partial charge on any atom is -0.479 e. The number of aliphatic carboxylic acids is 1. The van der Waals surface area contributed by atoms with Crippen LogP contribution in [0.25, 0.3) is 10.9 Å². The number of rotatable bonds is 8. The van der Waals surface area contributed by atoms with Gasteiger partial charge < -0.3 is 21.2 Å². The number of terminal acetylenes is 1. The number of aryl methyl sites for hydroxylation is 1. The minimum atomic E-state index is -1.01. The molecule has 11 heteroatoms. The maximum absolute atomic E-state index is 13.9. The van der Waals surface area contributed by atoms with Crippen molar-refractivity contribution < 1.29 is 14.3 Å². The Morgan fingerprint density at radius 3 is 2.73 bits per heavy atom. The fourth-order valence-corrected chi connectivity index (χ4v) is 4.98. The summed E-state index contributed by atoms with van der Waals surface area (Å²) in [5.41, 5.74) is 9.47. The van der Waals surface area contributed by atoms with Crippen LogP contribution in [0.2, 0.25) is 5.02 Å². The van der Waals surface area contributed by atoms with Gasteiger partial charge in [-0.3, -0.25) is 9.99 Å². The van der Waals surface area contributed by atoms with Gasteiger partial charge in [0.25, 0.3) is 0 Å². The van der Waals surface area contributed by atoms with Gasteiger partial charge >= 0.3 is 5.97 Å². The summed E-state index contributed by atoms with van der Waals surface area (Å²) in [4.78, 5) is 20.4. The molecular formula is C29H31ClFN7O2. The summed E-state index contributed by atoms with van der Waals surface area (Å²) in [6.45, 7) is 8.76. The van der Waals surface area contributed by atoms with Crippen molar-refractivity contribution in [3.63, 3.8) is 0 Å². The van der Waals surface area contributed by atoms with E-state index in [1.54, 1.807) is 36.5 Å². The van der Waals surface area contributed by atoms with E-state index >= 15 is 0 Å². The van der Waals surface area contributed by atoms with Gasteiger partial charge in [0.2, 0.25) is 5.95 Å². The first kappa shape index (κ1) is 27.5. The Bertz CT molecular complexity index is 1570. The number of aromatic nitrogens is 2. The van der Waals surface area contributed by atoms with E-state index in [2.05, 4.69) is 58.3 Å². The molecule has 0 unspecified atom stereocenters. The second-order valence-corrected chi connectivity index (χ2v) is 11.8. The molecule has 1 fully saturated rings. The number of hydrazine groups is 2. The van der Waals surface area contributed by atoms with Crippen molar-refractivity contribution in [2.24, 2.45) is 5.41 Å². The highest BCUT2D eigenvalue weighted by Crippen LogP contribution is 2.43. The highest BCUT2D eigenvalue weighted by atomic mass is 35.5. The molecule has 3 heterocycles. The maximum Gasteiger partial charge on any atom is 0.331 e. The lowest BCUT2D eigenvalue weighted by atomic mass is 9.96. The number of benzene rings is 1. The molecule has 2 aliphatic rings. The lowest BCUT2D eigenvalue weighted by Crippen LogP contribution is -2.49. The predicted molar refractivity (Wildman–Crippen MR) is 154 cm³/mol. The monoisotopic (exact) mass is 563 g/mol. The fourth-order valence-electron chi connectivity index (χ4n) is 4.71. The smallest absolute Gasteiger partial charge is 0.331 e. The maximum atomic E-state index is 13.9. The third-order valence-electron chi connectivity index (χ3n) is 7.07. The molecule has 40 heavy (non-hydrogen) atoms. The predicted octanol–water partition coefficient (Wildman–Crippen LogP) is 5.11. The quantitative estimate of drug-likeness (QED) is 0.188. The van der Waals surface area contributed by atoms with Gasteiger partial charge in [0.15, 0.2) is 5.54 Å². The van der Waals surface area contributed by atoms with Crippen LogP contribution in [0.5, 0.6) is 0 Å². The number of halogens is 2. The van der Waals surface area contributed by atoms with Crippen molar-refractivity contribution in [1.29, 1.82) is 0 Å². The van der Waals surface area contributed by atoms with Crippen LogP contribution in [0, 0.1) is 30.6 Å². The molecular weight excluding hydrogens is 533 g/mol. The highest BCUT2D eigenvalue weighted by molar-refractivity contribution is 6.35. The molecule has 3 aromatic rings. The van der Waals surface area contributed by atoms with Gasteiger partial charge in [0.1, 0.15) is 0 Å². The average molecular weight is 564 g/mol. The number of nitrogens with zero attached hydrogens (tertiary/aromatic N) is 3. The standard InChI is InChI=1S/C29H31ClFN7O2/c1-6-17-13-32-25-20(24(17)33-15-28(3,4)5)11-18(12-21(25)30)35-26(19-7-8-23(31)34-16(19)2)22-14-38(37-36-22)29(9-10-29)27(39)40/h1,7-8,11-14,26,35-37H,9-10,15H2,2-5H3,(H,32,33)(H,39,40)/t26-/m0/s1. The topological polar surface area (TPSA) is 114 Å². The Kier molecular flexibility index (Phi) is 6.98. The molecule has 1 atom stereocenters. The number of hydrogen-bond donors (Lipinski definition) is 5. The molecule has 208 valence electrons. The summed E-state index contributed by atoms with van der Waals surface area (Å²) in [6.07, 6.45) is 10.2. The van der Waals surface area contributed by atoms with E-state index in [4.69, 9.17) is 18.0 Å². The molecule has 0 bridgehead atoms. The summed E-state index contributed by atoms with van der Waals surface area (Å²) in [6, 6.07) is 6.07. The second-order valence-electron chi connectivity index (χ2n) is 11.4. The number of fused-ring (bicyclic) bond motifs is 1. The highest BCUT2D eigenvalue weighted by Gasteiger charge is 2.56. The summed E-state index contributed by atoms with van der Waals surface area (Å²) in [5, 5.41) is 19.5. The number of hydrogen-bond acceptors (Lipinski definition) is 8. The normalized spacial score (nSPS) is 16.6. The van der Waals surface area contributed by atoms with Crippen molar-refractivity contribution in [2.75, 3.05) is 17.2 Å². The SMILES string of the molecule is C#Cc1cnc2c(Cl)cc(N[C@H](C3=CN(C4(C(=O)O)CC4)NN3)c3ccc(F)nc3C)cc2c1NCC(C)(C)C. The Balaban J connectivity index is 1.58. The van der Waals surface area contributed by atoms with Crippen LogP contribution < -0.4 is 21.6 Å². The van der Waals surface area contributed by atoms with Gasteiger partial charge in [-0.2, -0.15) is 4.39 Å². The zero-order chi connectivity index (χ0) is 28.8. The van der Waals surface area contributed by atoms with Crippen molar-refractivity contribution in [3.05, 3.63) is 70.2 Å². The minimum absolute atomic E-state index is 0.00626. The summed E-state index contributed by atoms with van der Waals surface area (Å²) >= 11 is 6.73. The zero-order valence-electron chi connectivity index (χ0n) is 22.7. The van der Waals surface area contributed by atoms with E-state index < -0.39 is 23.5 Å². The molecule has 9 nitrogen and oxygen atoms in total. The van der Waals surface area contributed by atoms with E-state index in [-0.39, 0.29) is 5.41 Å². The van der Waals surface area contributed by atoms with Gasteiger partial charge in [0.05, 0.1) is 33.5 Å².